The van der Waals surface area contributed by atoms with Crippen LogP contribution in [-0.4, -0.2) is 52.8 Å². The quantitative estimate of drug-likeness (QED) is 0.158. The summed E-state index contributed by atoms with van der Waals surface area (Å²) in [6, 6.07) is 36.2. The first kappa shape index (κ1) is 34.3. The van der Waals surface area contributed by atoms with Crippen LogP contribution in [0.15, 0.2) is 121 Å². The van der Waals surface area contributed by atoms with Crippen molar-refractivity contribution in [1.82, 2.24) is 4.90 Å². The normalized spacial score (nSPS) is 16.2. The predicted molar refractivity (Wildman–Crippen MR) is 185 cm³/mol. The van der Waals surface area contributed by atoms with Crippen molar-refractivity contribution in [2.24, 2.45) is 11.7 Å². The number of nitrogens with zero attached hydrogens (tertiary/aromatic N) is 1. The summed E-state index contributed by atoms with van der Waals surface area (Å²) >= 11 is 0. The molecule has 5 N–H and O–H groups in total. The third kappa shape index (κ3) is 6.98. The maximum atomic E-state index is 14.2. The summed E-state index contributed by atoms with van der Waals surface area (Å²) in [7, 11) is -1.74. The van der Waals surface area contributed by atoms with E-state index in [-0.39, 0.29) is 0 Å². The highest BCUT2D eigenvalue weighted by Crippen LogP contribution is 2.45. The maximum Gasteiger partial charge on any atom is 0.258 e. The molecule has 4 aromatic rings. The van der Waals surface area contributed by atoms with Gasteiger partial charge in [-0.25, -0.2) is 0 Å². The Hall–Kier alpha value is -3.59. The molecule has 0 aliphatic heterocycles. The monoisotopic (exact) mass is 624 g/mol. The van der Waals surface area contributed by atoms with Gasteiger partial charge < -0.3 is 25.6 Å². The SMILES string of the molecule is CC[C@@H](CC(C)(C)[Si](O)(c1ccccc1)c1ccccc1)[C@@](C)(O)[C@H](N)C(=O)N(C)[C@H](c1ccccc1)[C@H](O)c1ccccc1. The lowest BCUT2D eigenvalue weighted by molar-refractivity contribution is -0.145. The van der Waals surface area contributed by atoms with Crippen molar-refractivity contribution in [3.8, 4) is 0 Å². The zero-order valence-electron chi connectivity index (χ0n) is 27.0. The van der Waals surface area contributed by atoms with Crippen LogP contribution in [0.2, 0.25) is 5.04 Å². The lowest BCUT2D eigenvalue weighted by Gasteiger charge is -2.47. The number of carbonyl (C=O) groups is 1. The number of nitrogens with two attached hydrogens (primary N) is 1. The molecule has 238 valence electrons. The van der Waals surface area contributed by atoms with E-state index in [1.165, 1.54) is 4.90 Å². The molecule has 4 rings (SSSR count). The van der Waals surface area contributed by atoms with Gasteiger partial charge in [-0.15, -0.1) is 0 Å². The fourth-order valence-corrected chi connectivity index (χ4v) is 10.6. The van der Waals surface area contributed by atoms with Crippen LogP contribution >= 0.6 is 0 Å². The maximum absolute atomic E-state index is 14.2. The van der Waals surface area contributed by atoms with Gasteiger partial charge in [0.2, 0.25) is 5.91 Å². The number of aliphatic hydroxyl groups excluding tert-OH is 1. The van der Waals surface area contributed by atoms with Crippen LogP contribution in [0.5, 0.6) is 0 Å². The number of likely N-dealkylation sites (N-methyl/N-ethyl adjacent to an activating group) is 1. The molecule has 0 saturated carbocycles. The summed E-state index contributed by atoms with van der Waals surface area (Å²) in [6.45, 7) is 7.72. The molecule has 7 heteroatoms. The molecule has 0 heterocycles. The Bertz CT molecular complexity index is 1460. The molecule has 0 unspecified atom stereocenters. The second-order valence-electron chi connectivity index (χ2n) is 13.0. The Labute approximate surface area is 269 Å². The summed E-state index contributed by atoms with van der Waals surface area (Å²) < 4.78 is 0. The van der Waals surface area contributed by atoms with E-state index >= 15 is 0 Å². The van der Waals surface area contributed by atoms with Gasteiger partial charge in [0.25, 0.3) is 8.32 Å². The number of amides is 1. The summed E-state index contributed by atoms with van der Waals surface area (Å²) in [4.78, 5) is 28.3. The Morgan fingerprint density at radius 1 is 0.778 bits per heavy atom. The summed E-state index contributed by atoms with van der Waals surface area (Å²) in [5.74, 6) is -0.890. The average Bonchev–Trinajstić information content (AvgIpc) is 3.07. The predicted octanol–water partition coefficient (Wildman–Crippen LogP) is 4.95. The second-order valence-corrected chi connectivity index (χ2v) is 16.9. The Kier molecular flexibility index (Phi) is 10.8. The van der Waals surface area contributed by atoms with Crippen LogP contribution in [0.25, 0.3) is 0 Å². The first-order valence-electron chi connectivity index (χ1n) is 15.7. The summed E-state index contributed by atoms with van der Waals surface area (Å²) in [5, 5.41) is 24.8. The molecule has 0 saturated heterocycles. The lowest BCUT2D eigenvalue weighted by Crippen LogP contribution is -2.66. The van der Waals surface area contributed by atoms with Crippen LogP contribution in [0.4, 0.5) is 0 Å². The second kappa shape index (κ2) is 14.2. The largest absolute Gasteiger partial charge is 0.424 e. The molecule has 1 amide bonds. The van der Waals surface area contributed by atoms with Gasteiger partial charge in [0, 0.05) is 7.05 Å². The molecule has 4 aromatic carbocycles. The van der Waals surface area contributed by atoms with E-state index < -0.39 is 49.0 Å². The lowest BCUT2D eigenvalue weighted by atomic mass is 9.76. The third-order valence-electron chi connectivity index (χ3n) is 9.68. The average molecular weight is 625 g/mol. The molecule has 5 atom stereocenters. The minimum absolute atomic E-state index is 0.416. The van der Waals surface area contributed by atoms with Crippen LogP contribution in [0.1, 0.15) is 63.8 Å². The molecule has 45 heavy (non-hydrogen) atoms. The van der Waals surface area contributed by atoms with Gasteiger partial charge in [0.1, 0.15) is 12.1 Å². The minimum atomic E-state index is -3.37. The van der Waals surface area contributed by atoms with E-state index in [0.29, 0.717) is 18.4 Å². The number of rotatable bonds is 13. The number of hydrogen-bond acceptors (Lipinski definition) is 5. The van der Waals surface area contributed by atoms with Gasteiger partial charge >= 0.3 is 0 Å². The highest BCUT2D eigenvalue weighted by atomic mass is 28.4. The van der Waals surface area contributed by atoms with Gasteiger partial charge in [-0.1, -0.05) is 149 Å². The van der Waals surface area contributed by atoms with E-state index in [2.05, 4.69) is 13.8 Å². The van der Waals surface area contributed by atoms with Crippen molar-refractivity contribution in [2.75, 3.05) is 7.05 Å². The molecular weight excluding hydrogens is 577 g/mol. The zero-order valence-corrected chi connectivity index (χ0v) is 28.0. The number of aliphatic hydroxyl groups is 2. The molecule has 6 nitrogen and oxygen atoms in total. The molecule has 0 aliphatic rings. The van der Waals surface area contributed by atoms with Crippen LogP contribution < -0.4 is 16.1 Å². The fourth-order valence-electron chi connectivity index (χ4n) is 6.80. The van der Waals surface area contributed by atoms with Crippen LogP contribution in [0.3, 0.4) is 0 Å². The molecule has 0 spiro atoms. The number of carbonyl (C=O) groups excluding carboxylic acids is 1. The molecular formula is C38H48N2O4Si. The Morgan fingerprint density at radius 2 is 1.18 bits per heavy atom. The Balaban J connectivity index is 1.66. The van der Waals surface area contributed by atoms with Crippen molar-refractivity contribution in [2.45, 2.75) is 69.4 Å². The van der Waals surface area contributed by atoms with Gasteiger partial charge in [0.05, 0.1) is 11.6 Å². The van der Waals surface area contributed by atoms with Gasteiger partial charge in [-0.05, 0) is 45.8 Å². The van der Waals surface area contributed by atoms with E-state index in [4.69, 9.17) is 5.73 Å². The van der Waals surface area contributed by atoms with Crippen molar-refractivity contribution in [3.05, 3.63) is 132 Å². The van der Waals surface area contributed by atoms with Crippen molar-refractivity contribution in [1.29, 1.82) is 0 Å². The third-order valence-corrected chi connectivity index (χ3v) is 14.2. The van der Waals surface area contributed by atoms with Gasteiger partial charge in [0.15, 0.2) is 0 Å². The Morgan fingerprint density at radius 3 is 1.60 bits per heavy atom. The van der Waals surface area contributed by atoms with Crippen molar-refractivity contribution >= 4 is 24.6 Å². The smallest absolute Gasteiger partial charge is 0.258 e. The van der Waals surface area contributed by atoms with Crippen molar-refractivity contribution < 1.29 is 19.8 Å². The number of benzene rings is 4. The fraction of sp³-hybridized carbons (Fsp3) is 0.342. The first-order chi connectivity index (χ1) is 21.4. The molecule has 0 aromatic heterocycles. The molecule has 0 fully saturated rings. The van der Waals surface area contributed by atoms with E-state index in [1.54, 1.807) is 14.0 Å². The molecule has 0 aliphatic carbocycles. The van der Waals surface area contributed by atoms with E-state index in [9.17, 15) is 19.8 Å². The van der Waals surface area contributed by atoms with Crippen LogP contribution in [0, 0.1) is 5.92 Å². The highest BCUT2D eigenvalue weighted by molar-refractivity contribution is 6.98. The minimum Gasteiger partial charge on any atom is -0.424 e. The topological polar surface area (TPSA) is 107 Å². The summed E-state index contributed by atoms with van der Waals surface area (Å²) in [6.07, 6.45) is -0.0368. The van der Waals surface area contributed by atoms with Crippen LogP contribution in [-0.2, 0) is 4.79 Å². The standard InChI is InChI=1S/C38H48N2O4Si/c1-6-30(27-37(2,3)45(44,31-23-15-9-16-24-31)32-25-17-10-18-26-32)38(4,43)35(39)36(42)40(5)33(28-19-11-7-12-20-28)34(41)29-21-13-8-14-22-29/h7-26,30,33-35,41,43-44H,6,27,39H2,1-5H3/t30-,33+,34+,35+,38+/m0/s1. The molecule has 0 bridgehead atoms. The first-order valence-corrected chi connectivity index (χ1v) is 17.7. The van der Waals surface area contributed by atoms with E-state index in [0.717, 1.165) is 15.9 Å². The number of hydrogen-bond donors (Lipinski definition) is 4. The van der Waals surface area contributed by atoms with Gasteiger partial charge in [-0.3, -0.25) is 4.79 Å². The summed E-state index contributed by atoms with van der Waals surface area (Å²) in [5.41, 5.74) is 6.52. The van der Waals surface area contributed by atoms with Crippen molar-refractivity contribution in [3.63, 3.8) is 0 Å². The molecule has 0 radical (unpaired) electrons. The van der Waals surface area contributed by atoms with E-state index in [1.807, 2.05) is 128 Å². The van der Waals surface area contributed by atoms with Gasteiger partial charge in [-0.2, -0.15) is 0 Å². The highest BCUT2D eigenvalue weighted by Gasteiger charge is 2.53. The zero-order chi connectivity index (χ0) is 32.8.